The smallest absolute Gasteiger partial charge is 0.329 e. The van der Waals surface area contributed by atoms with Crippen LogP contribution >= 0.6 is 11.6 Å². The molecule has 0 saturated heterocycles. The first kappa shape index (κ1) is 16.5. The molecule has 0 saturated carbocycles. The van der Waals surface area contributed by atoms with Crippen LogP contribution in [0.15, 0.2) is 53.6 Å². The fourth-order valence-electron chi connectivity index (χ4n) is 1.63. The van der Waals surface area contributed by atoms with Gasteiger partial charge in [0.1, 0.15) is 5.75 Å². The number of methoxy groups -OCH3 is 1. The van der Waals surface area contributed by atoms with Crippen molar-refractivity contribution in [3.8, 4) is 5.75 Å². The van der Waals surface area contributed by atoms with E-state index in [-0.39, 0.29) is 0 Å². The van der Waals surface area contributed by atoms with Crippen LogP contribution in [0, 0.1) is 0 Å². The Morgan fingerprint density at radius 1 is 1.04 bits per heavy atom. The van der Waals surface area contributed by atoms with E-state index in [0.29, 0.717) is 16.5 Å². The SMILES string of the molecule is COc1ccc(C=NNC(=O)C(=O)Nc2ccc(Cl)cc2)cc1. The third-order valence-corrected chi connectivity index (χ3v) is 3.06. The molecule has 0 unspecified atom stereocenters. The topological polar surface area (TPSA) is 79.8 Å². The van der Waals surface area contributed by atoms with Crippen molar-refractivity contribution in [3.63, 3.8) is 0 Å². The molecule has 2 N–H and O–H groups in total. The molecule has 2 aromatic rings. The fraction of sp³-hybridized carbons (Fsp3) is 0.0625. The highest BCUT2D eigenvalue weighted by Crippen LogP contribution is 2.13. The van der Waals surface area contributed by atoms with Gasteiger partial charge in [-0.15, -0.1) is 0 Å². The molecule has 23 heavy (non-hydrogen) atoms. The van der Waals surface area contributed by atoms with Crippen molar-refractivity contribution in [2.24, 2.45) is 5.10 Å². The first-order valence-electron chi connectivity index (χ1n) is 6.62. The summed E-state index contributed by atoms with van der Waals surface area (Å²) in [4.78, 5) is 23.3. The molecule has 0 aromatic heterocycles. The van der Waals surface area contributed by atoms with Crippen molar-refractivity contribution in [2.75, 3.05) is 12.4 Å². The summed E-state index contributed by atoms with van der Waals surface area (Å²) in [7, 11) is 1.57. The van der Waals surface area contributed by atoms with Gasteiger partial charge in [0.05, 0.1) is 13.3 Å². The summed E-state index contributed by atoms with van der Waals surface area (Å²) in [6.07, 6.45) is 1.42. The maximum atomic E-state index is 11.7. The van der Waals surface area contributed by atoms with Crippen LogP contribution in [-0.4, -0.2) is 25.1 Å². The average molecular weight is 332 g/mol. The highest BCUT2D eigenvalue weighted by atomic mass is 35.5. The Balaban J connectivity index is 1.86. The number of carbonyl (C=O) groups excluding carboxylic acids is 2. The molecule has 0 aliphatic carbocycles. The molecule has 0 spiro atoms. The molecule has 2 rings (SSSR count). The fourth-order valence-corrected chi connectivity index (χ4v) is 1.75. The van der Waals surface area contributed by atoms with Gasteiger partial charge in [-0.05, 0) is 54.1 Å². The summed E-state index contributed by atoms with van der Waals surface area (Å²) in [6, 6.07) is 13.5. The van der Waals surface area contributed by atoms with Gasteiger partial charge in [-0.25, -0.2) is 5.43 Å². The number of benzene rings is 2. The second-order valence-electron chi connectivity index (χ2n) is 4.43. The first-order chi connectivity index (χ1) is 11.1. The van der Waals surface area contributed by atoms with Gasteiger partial charge in [-0.1, -0.05) is 11.6 Å². The minimum atomic E-state index is -0.871. The summed E-state index contributed by atoms with van der Waals surface area (Å²) >= 11 is 5.74. The number of carbonyl (C=O) groups is 2. The number of anilines is 1. The monoisotopic (exact) mass is 331 g/mol. The van der Waals surface area contributed by atoms with Crippen molar-refractivity contribution < 1.29 is 14.3 Å². The summed E-state index contributed by atoms with van der Waals surface area (Å²) in [5, 5.41) is 6.70. The molecule has 7 heteroatoms. The third-order valence-electron chi connectivity index (χ3n) is 2.80. The number of nitrogens with zero attached hydrogens (tertiary/aromatic N) is 1. The van der Waals surface area contributed by atoms with Crippen LogP contribution in [0.2, 0.25) is 5.02 Å². The van der Waals surface area contributed by atoms with Gasteiger partial charge >= 0.3 is 11.8 Å². The standard InChI is InChI=1S/C16H14ClN3O3/c1-23-14-8-2-11(3-9-14)10-18-20-16(22)15(21)19-13-6-4-12(17)5-7-13/h2-10H,1H3,(H,19,21)(H,20,22). The summed E-state index contributed by atoms with van der Waals surface area (Å²) < 4.78 is 5.03. The lowest BCUT2D eigenvalue weighted by Gasteiger charge is -2.03. The maximum absolute atomic E-state index is 11.7. The Hall–Kier alpha value is -2.86. The van der Waals surface area contributed by atoms with Crippen LogP contribution in [0.1, 0.15) is 5.56 Å². The van der Waals surface area contributed by atoms with Crippen LogP contribution in [0.4, 0.5) is 5.69 Å². The predicted octanol–water partition coefficient (Wildman–Crippen LogP) is 2.44. The van der Waals surface area contributed by atoms with E-state index in [9.17, 15) is 9.59 Å². The van der Waals surface area contributed by atoms with E-state index in [1.807, 2.05) is 0 Å². The van der Waals surface area contributed by atoms with Gasteiger partial charge in [-0.3, -0.25) is 9.59 Å². The van der Waals surface area contributed by atoms with Crippen molar-refractivity contribution in [2.45, 2.75) is 0 Å². The number of nitrogens with one attached hydrogen (secondary N) is 2. The lowest BCUT2D eigenvalue weighted by molar-refractivity contribution is -0.136. The van der Waals surface area contributed by atoms with E-state index >= 15 is 0 Å². The molecule has 0 radical (unpaired) electrons. The Labute approximate surface area is 138 Å². The van der Waals surface area contributed by atoms with E-state index < -0.39 is 11.8 Å². The van der Waals surface area contributed by atoms with Gasteiger partial charge < -0.3 is 10.1 Å². The van der Waals surface area contributed by atoms with E-state index in [2.05, 4.69) is 15.8 Å². The molecular formula is C16H14ClN3O3. The van der Waals surface area contributed by atoms with Crippen LogP contribution in [-0.2, 0) is 9.59 Å². The number of hydrazone groups is 1. The number of hydrogen-bond acceptors (Lipinski definition) is 4. The molecule has 0 atom stereocenters. The Morgan fingerprint density at radius 2 is 1.70 bits per heavy atom. The minimum Gasteiger partial charge on any atom is -0.497 e. The van der Waals surface area contributed by atoms with Crippen LogP contribution in [0.5, 0.6) is 5.75 Å². The van der Waals surface area contributed by atoms with E-state index in [1.165, 1.54) is 6.21 Å². The zero-order valence-corrected chi connectivity index (χ0v) is 13.0. The van der Waals surface area contributed by atoms with Crippen LogP contribution in [0.3, 0.4) is 0 Å². The van der Waals surface area contributed by atoms with Crippen molar-refractivity contribution in [3.05, 3.63) is 59.1 Å². The van der Waals surface area contributed by atoms with Gasteiger partial charge in [0.25, 0.3) is 0 Å². The highest BCUT2D eigenvalue weighted by molar-refractivity contribution is 6.39. The lowest BCUT2D eigenvalue weighted by atomic mass is 10.2. The van der Waals surface area contributed by atoms with Crippen molar-refractivity contribution in [1.29, 1.82) is 0 Å². The zero-order valence-electron chi connectivity index (χ0n) is 12.2. The minimum absolute atomic E-state index is 0.466. The normalized spacial score (nSPS) is 10.3. The van der Waals surface area contributed by atoms with Crippen molar-refractivity contribution >= 4 is 35.3 Å². The molecule has 0 bridgehead atoms. The van der Waals surface area contributed by atoms with Gasteiger partial charge in [0, 0.05) is 10.7 Å². The number of amides is 2. The lowest BCUT2D eigenvalue weighted by Crippen LogP contribution is -2.32. The Morgan fingerprint density at radius 3 is 2.30 bits per heavy atom. The van der Waals surface area contributed by atoms with E-state index in [4.69, 9.17) is 16.3 Å². The Bertz CT molecular complexity index is 712. The molecule has 0 aliphatic rings. The van der Waals surface area contributed by atoms with Gasteiger partial charge in [-0.2, -0.15) is 5.10 Å². The predicted molar refractivity (Wildman–Crippen MR) is 88.8 cm³/mol. The number of hydrogen-bond donors (Lipinski definition) is 2. The third kappa shape index (κ3) is 5.12. The molecular weight excluding hydrogens is 318 g/mol. The average Bonchev–Trinajstić information content (AvgIpc) is 2.57. The molecule has 2 aromatic carbocycles. The molecule has 0 heterocycles. The van der Waals surface area contributed by atoms with Gasteiger partial charge in [0.2, 0.25) is 0 Å². The first-order valence-corrected chi connectivity index (χ1v) is 7.00. The summed E-state index contributed by atoms with van der Waals surface area (Å²) in [6.45, 7) is 0. The maximum Gasteiger partial charge on any atom is 0.329 e. The summed E-state index contributed by atoms with van der Waals surface area (Å²) in [5.41, 5.74) is 3.37. The van der Waals surface area contributed by atoms with Crippen molar-refractivity contribution in [1.82, 2.24) is 5.43 Å². The second-order valence-corrected chi connectivity index (χ2v) is 4.87. The number of ether oxygens (including phenoxy) is 1. The summed E-state index contributed by atoms with van der Waals surface area (Å²) in [5.74, 6) is -0.975. The molecule has 0 fully saturated rings. The van der Waals surface area contributed by atoms with E-state index in [0.717, 1.165) is 5.56 Å². The second kappa shape index (κ2) is 7.95. The number of rotatable bonds is 4. The number of halogens is 1. The molecule has 0 aliphatic heterocycles. The largest absolute Gasteiger partial charge is 0.497 e. The zero-order chi connectivity index (χ0) is 16.7. The van der Waals surface area contributed by atoms with E-state index in [1.54, 1.807) is 55.6 Å². The van der Waals surface area contributed by atoms with Gasteiger partial charge in [0.15, 0.2) is 0 Å². The van der Waals surface area contributed by atoms with Crippen LogP contribution in [0.25, 0.3) is 0 Å². The molecule has 6 nitrogen and oxygen atoms in total. The quantitative estimate of drug-likeness (QED) is 0.513. The van der Waals surface area contributed by atoms with Crippen LogP contribution < -0.4 is 15.5 Å². The Kier molecular flexibility index (Phi) is 5.71. The molecule has 118 valence electrons. The molecule has 2 amide bonds. The highest BCUT2D eigenvalue weighted by Gasteiger charge is 2.12.